The van der Waals surface area contributed by atoms with Crippen molar-refractivity contribution in [3.63, 3.8) is 0 Å². The first-order valence-electron chi connectivity index (χ1n) is 8.32. The summed E-state index contributed by atoms with van der Waals surface area (Å²) < 4.78 is 28.0. The van der Waals surface area contributed by atoms with Crippen molar-refractivity contribution in [2.24, 2.45) is 0 Å². The first-order chi connectivity index (χ1) is 13.0. The molecule has 3 aromatic rings. The van der Waals surface area contributed by atoms with Gasteiger partial charge in [0.05, 0.1) is 17.3 Å². The minimum atomic E-state index is -0.469. The van der Waals surface area contributed by atoms with Crippen molar-refractivity contribution in [1.82, 2.24) is 20.4 Å². The summed E-state index contributed by atoms with van der Waals surface area (Å²) >= 11 is 5.81. The zero-order valence-corrected chi connectivity index (χ0v) is 14.8. The molecule has 0 aliphatic carbocycles. The van der Waals surface area contributed by atoms with Gasteiger partial charge in [-0.15, -0.1) is 0 Å². The minimum Gasteiger partial charge on any atom is -0.347 e. The van der Waals surface area contributed by atoms with E-state index >= 15 is 0 Å². The summed E-state index contributed by atoms with van der Waals surface area (Å²) in [7, 11) is 0. The van der Waals surface area contributed by atoms with Crippen LogP contribution in [0.1, 0.15) is 22.2 Å². The normalized spacial score (nSPS) is 16.1. The average Bonchev–Trinajstić information content (AvgIpc) is 3.11. The zero-order valence-electron chi connectivity index (χ0n) is 14.0. The molecule has 1 aliphatic rings. The minimum absolute atomic E-state index is 0.0598. The number of halogens is 3. The highest BCUT2D eigenvalue weighted by atomic mass is 35.5. The van der Waals surface area contributed by atoms with Gasteiger partial charge < -0.3 is 5.32 Å². The van der Waals surface area contributed by atoms with Crippen LogP contribution in [0, 0.1) is 11.6 Å². The van der Waals surface area contributed by atoms with Gasteiger partial charge in [0.1, 0.15) is 23.5 Å². The molecule has 0 spiro atoms. The van der Waals surface area contributed by atoms with E-state index in [1.807, 2.05) is 0 Å². The maximum absolute atomic E-state index is 13.3. The number of rotatable bonds is 4. The van der Waals surface area contributed by atoms with Crippen LogP contribution in [0.15, 0.2) is 48.5 Å². The lowest BCUT2D eigenvalue weighted by Gasteiger charge is -2.25. The molecule has 4 rings (SSSR count). The van der Waals surface area contributed by atoms with Crippen LogP contribution in [0.3, 0.4) is 0 Å². The topological polar surface area (TPSA) is 59.0 Å². The summed E-state index contributed by atoms with van der Waals surface area (Å²) in [4.78, 5) is 12.2. The number of nitrogens with zero attached hydrogens (tertiary/aromatic N) is 2. The first-order valence-corrected chi connectivity index (χ1v) is 8.70. The Morgan fingerprint density at radius 3 is 2.70 bits per heavy atom. The summed E-state index contributed by atoms with van der Waals surface area (Å²) in [6.45, 7) is 0.775. The lowest BCUT2D eigenvalue weighted by molar-refractivity contribution is 0.0900. The van der Waals surface area contributed by atoms with Crippen molar-refractivity contribution in [2.45, 2.75) is 12.7 Å². The number of benzene rings is 2. The Balaban J connectivity index is 1.58. The lowest BCUT2D eigenvalue weighted by Crippen LogP contribution is -2.45. The van der Waals surface area contributed by atoms with Crippen molar-refractivity contribution >= 4 is 17.5 Å². The van der Waals surface area contributed by atoms with Gasteiger partial charge in [0.25, 0.3) is 5.91 Å². The van der Waals surface area contributed by atoms with Gasteiger partial charge in [0.15, 0.2) is 0 Å². The molecule has 1 amide bonds. The number of aromatic nitrogens is 2. The molecule has 0 saturated heterocycles. The van der Waals surface area contributed by atoms with Crippen molar-refractivity contribution in [3.05, 3.63) is 76.4 Å². The fourth-order valence-electron chi connectivity index (χ4n) is 2.97. The number of carbonyl (C=O) groups excluding carboxylic acids is 1. The molecular weight excluding hydrogens is 374 g/mol. The van der Waals surface area contributed by atoms with E-state index in [4.69, 9.17) is 11.6 Å². The van der Waals surface area contributed by atoms with Crippen LogP contribution in [0.4, 0.5) is 8.78 Å². The Morgan fingerprint density at radius 2 is 1.96 bits per heavy atom. The standard InChI is InChI=1S/C19H15ClF2N4O/c20-14-7-11(1-6-15(14)22)9-23-18-10-24-19(27)17-8-16(25-26(17)18)12-2-4-13(21)5-3-12/h1-8,18,23H,9-10H2,(H,24,27)/t18-/m1/s1. The van der Waals surface area contributed by atoms with Crippen LogP contribution in [0.5, 0.6) is 0 Å². The lowest BCUT2D eigenvalue weighted by atomic mass is 10.1. The summed E-state index contributed by atoms with van der Waals surface area (Å²) in [5.41, 5.74) is 2.52. The number of nitrogens with one attached hydrogen (secondary N) is 2. The van der Waals surface area contributed by atoms with Crippen LogP contribution in [0.2, 0.25) is 5.02 Å². The van der Waals surface area contributed by atoms with Crippen molar-refractivity contribution < 1.29 is 13.6 Å². The van der Waals surface area contributed by atoms with Gasteiger partial charge in [-0.05, 0) is 48.0 Å². The van der Waals surface area contributed by atoms with E-state index in [0.717, 1.165) is 11.1 Å². The maximum Gasteiger partial charge on any atom is 0.269 e. The van der Waals surface area contributed by atoms with E-state index in [1.54, 1.807) is 35.0 Å². The van der Waals surface area contributed by atoms with Gasteiger partial charge >= 0.3 is 0 Å². The Morgan fingerprint density at radius 1 is 1.19 bits per heavy atom. The second-order valence-electron chi connectivity index (χ2n) is 6.22. The fourth-order valence-corrected chi connectivity index (χ4v) is 3.18. The van der Waals surface area contributed by atoms with Gasteiger partial charge in [-0.2, -0.15) is 5.10 Å². The summed E-state index contributed by atoms with van der Waals surface area (Å²) in [6, 6.07) is 12.1. The third kappa shape index (κ3) is 3.56. The van der Waals surface area contributed by atoms with Crippen LogP contribution >= 0.6 is 11.6 Å². The zero-order chi connectivity index (χ0) is 19.0. The Bertz CT molecular complexity index is 1000. The van der Waals surface area contributed by atoms with E-state index in [-0.39, 0.29) is 22.9 Å². The number of amides is 1. The summed E-state index contributed by atoms with van der Waals surface area (Å²) in [6.07, 6.45) is -0.282. The highest BCUT2D eigenvalue weighted by molar-refractivity contribution is 6.30. The molecule has 5 nitrogen and oxygen atoms in total. The van der Waals surface area contributed by atoms with Crippen LogP contribution in [0.25, 0.3) is 11.3 Å². The first kappa shape index (κ1) is 17.6. The molecule has 2 aromatic carbocycles. The average molecular weight is 389 g/mol. The number of hydrogen-bond acceptors (Lipinski definition) is 3. The second kappa shape index (κ2) is 7.09. The molecule has 2 N–H and O–H groups in total. The van der Waals surface area contributed by atoms with Crippen LogP contribution in [-0.4, -0.2) is 22.2 Å². The van der Waals surface area contributed by atoms with Crippen LogP contribution < -0.4 is 10.6 Å². The Kier molecular flexibility index (Phi) is 4.63. The third-order valence-corrected chi connectivity index (χ3v) is 4.68. The largest absolute Gasteiger partial charge is 0.347 e. The highest BCUT2D eigenvalue weighted by Gasteiger charge is 2.27. The van der Waals surface area contributed by atoms with Gasteiger partial charge in [-0.25, -0.2) is 13.5 Å². The molecule has 8 heteroatoms. The molecule has 0 radical (unpaired) electrons. The summed E-state index contributed by atoms with van der Waals surface area (Å²) in [5, 5.41) is 10.7. The quantitative estimate of drug-likeness (QED) is 0.719. The molecule has 1 aromatic heterocycles. The third-order valence-electron chi connectivity index (χ3n) is 4.39. The molecular formula is C19H15ClF2N4O. The van der Waals surface area contributed by atoms with Crippen molar-refractivity contribution in [1.29, 1.82) is 0 Å². The van der Waals surface area contributed by atoms with Gasteiger partial charge in [0, 0.05) is 12.1 Å². The van der Waals surface area contributed by atoms with E-state index in [0.29, 0.717) is 24.5 Å². The summed E-state index contributed by atoms with van der Waals surface area (Å²) in [5.74, 6) is -1.03. The molecule has 27 heavy (non-hydrogen) atoms. The number of hydrogen-bond donors (Lipinski definition) is 2. The van der Waals surface area contributed by atoms with Crippen molar-refractivity contribution in [3.8, 4) is 11.3 Å². The molecule has 0 bridgehead atoms. The predicted molar refractivity (Wildman–Crippen MR) is 97.2 cm³/mol. The van der Waals surface area contributed by atoms with E-state index in [2.05, 4.69) is 15.7 Å². The van der Waals surface area contributed by atoms with Gasteiger partial charge in [0.2, 0.25) is 0 Å². The molecule has 1 aliphatic heterocycles. The Labute approximate surface area is 159 Å². The van der Waals surface area contributed by atoms with Crippen LogP contribution in [-0.2, 0) is 6.54 Å². The van der Waals surface area contributed by atoms with E-state index < -0.39 is 5.82 Å². The molecule has 0 unspecified atom stereocenters. The van der Waals surface area contributed by atoms with E-state index in [9.17, 15) is 13.6 Å². The smallest absolute Gasteiger partial charge is 0.269 e. The Hall–Kier alpha value is -2.77. The van der Waals surface area contributed by atoms with E-state index in [1.165, 1.54) is 18.2 Å². The number of fused-ring (bicyclic) bond motifs is 1. The molecule has 0 saturated carbocycles. The fraction of sp³-hybridized carbons (Fsp3) is 0.158. The maximum atomic E-state index is 13.3. The number of carbonyl (C=O) groups is 1. The monoisotopic (exact) mass is 388 g/mol. The SMILES string of the molecule is O=C1NC[C@H](NCc2ccc(F)c(Cl)c2)n2nc(-c3ccc(F)cc3)cc21. The molecule has 138 valence electrons. The van der Waals surface area contributed by atoms with Crippen molar-refractivity contribution in [2.75, 3.05) is 6.54 Å². The molecule has 0 fully saturated rings. The molecule has 2 heterocycles. The highest BCUT2D eigenvalue weighted by Crippen LogP contribution is 2.23. The molecule has 1 atom stereocenters. The predicted octanol–water partition coefficient (Wildman–Crippen LogP) is 3.51. The van der Waals surface area contributed by atoms with Gasteiger partial charge in [-0.1, -0.05) is 17.7 Å². The second-order valence-corrected chi connectivity index (χ2v) is 6.63. The van der Waals surface area contributed by atoms with Gasteiger partial charge in [-0.3, -0.25) is 10.1 Å².